The summed E-state index contributed by atoms with van der Waals surface area (Å²) in [5, 5.41) is 3.93. The minimum Gasteiger partial charge on any atom is -0.497 e. The molecule has 1 atom stereocenters. The average molecular weight is 460 g/mol. The molecule has 0 bridgehead atoms. The Bertz CT molecular complexity index is 1180. The van der Waals surface area contributed by atoms with Gasteiger partial charge in [0.15, 0.2) is 6.61 Å². The van der Waals surface area contributed by atoms with E-state index in [2.05, 4.69) is 10.2 Å². The van der Waals surface area contributed by atoms with Gasteiger partial charge in [-0.25, -0.2) is 9.78 Å². The van der Waals surface area contributed by atoms with Crippen LogP contribution in [0.1, 0.15) is 47.6 Å². The predicted molar refractivity (Wildman–Crippen MR) is 130 cm³/mol. The number of amides is 1. The Morgan fingerprint density at radius 2 is 1.82 bits per heavy atom. The highest BCUT2D eigenvalue weighted by Gasteiger charge is 2.33. The van der Waals surface area contributed by atoms with Gasteiger partial charge in [-0.3, -0.25) is 4.79 Å². The summed E-state index contributed by atoms with van der Waals surface area (Å²) < 4.78 is 10.7. The molecule has 3 aromatic rings. The molecule has 5 rings (SSSR count). The number of hydrogen-bond acceptors (Lipinski definition) is 6. The van der Waals surface area contributed by atoms with Crippen molar-refractivity contribution in [1.29, 1.82) is 0 Å². The Kier molecular flexibility index (Phi) is 6.34. The van der Waals surface area contributed by atoms with Crippen molar-refractivity contribution in [2.75, 3.05) is 31.7 Å². The Balaban J connectivity index is 1.28. The third-order valence-corrected chi connectivity index (χ3v) is 6.55. The Hall–Kier alpha value is -3.61. The number of benzene rings is 2. The number of carbonyl (C=O) groups excluding carboxylic acids is 2. The van der Waals surface area contributed by atoms with Crippen molar-refractivity contribution in [3.8, 4) is 5.75 Å². The standard InChI is InChI=1S/C27H29N3O4/c1-33-21-12-10-19(11-13-21)25(18-8-9-18)29-24(31)17-34-27(32)22-16-20-6-2-3-7-23(20)28-26(22)30-14-4-5-15-30/h2-3,6-7,10-13,16,18,25H,4-5,8-9,14-15,17H2,1H3,(H,29,31). The molecule has 7 heteroatoms. The van der Waals surface area contributed by atoms with Crippen LogP contribution in [-0.2, 0) is 9.53 Å². The van der Waals surface area contributed by atoms with E-state index < -0.39 is 5.97 Å². The molecule has 176 valence electrons. The molecule has 2 aliphatic rings. The van der Waals surface area contributed by atoms with Crippen LogP contribution < -0.4 is 15.0 Å². The molecule has 1 saturated heterocycles. The number of fused-ring (bicyclic) bond motifs is 1. The first kappa shape index (κ1) is 22.2. The minimum absolute atomic E-state index is 0.0976. The van der Waals surface area contributed by atoms with Crippen LogP contribution in [0.2, 0.25) is 0 Å². The van der Waals surface area contributed by atoms with Gasteiger partial charge in [0.05, 0.1) is 18.7 Å². The van der Waals surface area contributed by atoms with Gasteiger partial charge in [0.1, 0.15) is 17.1 Å². The summed E-state index contributed by atoms with van der Waals surface area (Å²) in [5.41, 5.74) is 2.27. The lowest BCUT2D eigenvalue weighted by Crippen LogP contribution is -2.33. The van der Waals surface area contributed by atoms with E-state index in [4.69, 9.17) is 14.5 Å². The zero-order valence-electron chi connectivity index (χ0n) is 19.3. The van der Waals surface area contributed by atoms with Gasteiger partial charge in [0, 0.05) is 18.5 Å². The Morgan fingerprint density at radius 3 is 2.53 bits per heavy atom. The van der Waals surface area contributed by atoms with Gasteiger partial charge >= 0.3 is 5.97 Å². The second kappa shape index (κ2) is 9.71. The van der Waals surface area contributed by atoms with E-state index in [1.54, 1.807) is 7.11 Å². The molecule has 1 unspecified atom stereocenters. The molecule has 1 N–H and O–H groups in total. The molecular weight excluding hydrogens is 430 g/mol. The van der Waals surface area contributed by atoms with Crippen molar-refractivity contribution in [2.45, 2.75) is 31.7 Å². The second-order valence-corrected chi connectivity index (χ2v) is 8.98. The number of rotatable bonds is 8. The quantitative estimate of drug-likeness (QED) is 0.507. The van der Waals surface area contributed by atoms with Crippen molar-refractivity contribution in [2.24, 2.45) is 5.92 Å². The van der Waals surface area contributed by atoms with Crippen LogP contribution >= 0.6 is 0 Å². The number of carbonyl (C=O) groups is 2. The summed E-state index contributed by atoms with van der Waals surface area (Å²) in [5.74, 6) is 0.979. The summed E-state index contributed by atoms with van der Waals surface area (Å²) in [6.07, 6.45) is 4.27. The molecule has 0 spiro atoms. The minimum atomic E-state index is -0.525. The van der Waals surface area contributed by atoms with Gasteiger partial charge in [-0.1, -0.05) is 30.3 Å². The summed E-state index contributed by atoms with van der Waals surface area (Å²) in [6, 6.07) is 17.2. The van der Waals surface area contributed by atoms with Gasteiger partial charge in [0.2, 0.25) is 0 Å². The lowest BCUT2D eigenvalue weighted by molar-refractivity contribution is -0.125. The highest BCUT2D eigenvalue weighted by atomic mass is 16.5. The van der Waals surface area contributed by atoms with E-state index in [-0.39, 0.29) is 18.6 Å². The first-order chi connectivity index (χ1) is 16.6. The van der Waals surface area contributed by atoms with Crippen molar-refractivity contribution in [1.82, 2.24) is 10.3 Å². The predicted octanol–water partition coefficient (Wildman–Crippen LogP) is 4.27. The van der Waals surface area contributed by atoms with Crippen molar-refractivity contribution < 1.29 is 19.1 Å². The van der Waals surface area contributed by atoms with Gasteiger partial charge < -0.3 is 19.7 Å². The number of pyridine rings is 1. The number of para-hydroxylation sites is 1. The monoisotopic (exact) mass is 459 g/mol. The lowest BCUT2D eigenvalue weighted by Gasteiger charge is -2.21. The van der Waals surface area contributed by atoms with Gasteiger partial charge in [0.25, 0.3) is 5.91 Å². The normalized spacial score (nSPS) is 16.3. The van der Waals surface area contributed by atoms with Gasteiger partial charge in [-0.2, -0.15) is 0 Å². The number of aromatic nitrogens is 1. The summed E-state index contributed by atoms with van der Waals surface area (Å²) in [4.78, 5) is 32.7. The van der Waals surface area contributed by atoms with E-state index in [9.17, 15) is 9.59 Å². The smallest absolute Gasteiger partial charge is 0.342 e. The van der Waals surface area contributed by atoms with Crippen molar-refractivity contribution >= 4 is 28.6 Å². The number of ether oxygens (including phenoxy) is 2. The maximum absolute atomic E-state index is 13.1. The molecule has 2 fully saturated rings. The van der Waals surface area contributed by atoms with Crippen molar-refractivity contribution in [3.63, 3.8) is 0 Å². The van der Waals surface area contributed by atoms with Crippen LogP contribution in [0, 0.1) is 5.92 Å². The highest BCUT2D eigenvalue weighted by molar-refractivity contribution is 6.00. The fourth-order valence-corrected chi connectivity index (χ4v) is 4.56. The number of methoxy groups -OCH3 is 1. The van der Waals surface area contributed by atoms with E-state index in [1.807, 2.05) is 54.6 Å². The van der Waals surface area contributed by atoms with Crippen LogP contribution in [0.3, 0.4) is 0 Å². The topological polar surface area (TPSA) is 80.8 Å². The van der Waals surface area contributed by atoms with Crippen LogP contribution in [0.15, 0.2) is 54.6 Å². The van der Waals surface area contributed by atoms with Crippen LogP contribution in [0.5, 0.6) is 5.75 Å². The van der Waals surface area contributed by atoms with E-state index in [1.165, 1.54) is 0 Å². The Labute approximate surface area is 199 Å². The molecule has 1 amide bonds. The number of hydrogen-bond donors (Lipinski definition) is 1. The second-order valence-electron chi connectivity index (χ2n) is 8.98. The third kappa shape index (κ3) is 4.83. The molecule has 7 nitrogen and oxygen atoms in total. The van der Waals surface area contributed by atoms with Crippen LogP contribution in [0.4, 0.5) is 5.82 Å². The van der Waals surface area contributed by atoms with Crippen LogP contribution in [0.25, 0.3) is 10.9 Å². The number of nitrogens with one attached hydrogen (secondary N) is 1. The fraction of sp³-hybridized carbons (Fsp3) is 0.370. The van der Waals surface area contributed by atoms with E-state index in [0.717, 1.165) is 61.0 Å². The fourth-order valence-electron chi connectivity index (χ4n) is 4.56. The molecule has 1 aliphatic carbocycles. The molecule has 0 radical (unpaired) electrons. The number of esters is 1. The SMILES string of the molecule is COc1ccc(C(NC(=O)COC(=O)c2cc3ccccc3nc2N2CCCC2)C2CC2)cc1. The molecule has 1 aromatic heterocycles. The zero-order valence-corrected chi connectivity index (χ0v) is 19.3. The molecule has 2 aromatic carbocycles. The maximum Gasteiger partial charge on any atom is 0.342 e. The molecule has 1 saturated carbocycles. The molecular formula is C27H29N3O4. The van der Waals surface area contributed by atoms with Gasteiger partial charge in [-0.15, -0.1) is 0 Å². The largest absolute Gasteiger partial charge is 0.497 e. The summed E-state index contributed by atoms with van der Waals surface area (Å²) >= 11 is 0. The van der Waals surface area contributed by atoms with E-state index in [0.29, 0.717) is 17.3 Å². The lowest BCUT2D eigenvalue weighted by atomic mass is 10.0. The zero-order chi connectivity index (χ0) is 23.5. The first-order valence-corrected chi connectivity index (χ1v) is 11.9. The average Bonchev–Trinajstić information content (AvgIpc) is 3.57. The third-order valence-electron chi connectivity index (χ3n) is 6.55. The molecule has 34 heavy (non-hydrogen) atoms. The van der Waals surface area contributed by atoms with E-state index >= 15 is 0 Å². The Morgan fingerprint density at radius 1 is 1.09 bits per heavy atom. The number of nitrogens with zero attached hydrogens (tertiary/aromatic N) is 2. The van der Waals surface area contributed by atoms with Crippen LogP contribution in [-0.4, -0.2) is 43.7 Å². The molecule has 2 heterocycles. The summed E-state index contributed by atoms with van der Waals surface area (Å²) in [7, 11) is 1.63. The van der Waals surface area contributed by atoms with Crippen molar-refractivity contribution in [3.05, 3.63) is 65.7 Å². The van der Waals surface area contributed by atoms with Gasteiger partial charge in [-0.05, 0) is 61.4 Å². The maximum atomic E-state index is 13.1. The molecule has 1 aliphatic heterocycles. The number of anilines is 1. The highest BCUT2D eigenvalue weighted by Crippen LogP contribution is 2.41. The first-order valence-electron chi connectivity index (χ1n) is 11.9. The summed E-state index contributed by atoms with van der Waals surface area (Å²) in [6.45, 7) is 1.39.